The largest absolute Gasteiger partial charge is 0.447 e. The molecule has 8 heteroatoms. The molecule has 2 aromatic carbocycles. The first-order valence-corrected chi connectivity index (χ1v) is 12.5. The number of carbonyl (C=O) groups is 1. The van der Waals surface area contributed by atoms with E-state index in [9.17, 15) is 13.2 Å². The van der Waals surface area contributed by atoms with E-state index >= 15 is 0 Å². The number of anilines is 1. The molecule has 1 amide bonds. The van der Waals surface area contributed by atoms with Gasteiger partial charge in [0.1, 0.15) is 6.61 Å². The minimum absolute atomic E-state index is 0.0187. The number of fused-ring (bicyclic) bond motifs is 1. The van der Waals surface area contributed by atoms with Crippen molar-refractivity contribution in [3.8, 4) is 0 Å². The number of hydrogen-bond donors (Lipinski definition) is 0. The maximum absolute atomic E-state index is 13.6. The van der Waals surface area contributed by atoms with Gasteiger partial charge in [-0.25, -0.2) is 13.2 Å². The van der Waals surface area contributed by atoms with E-state index in [4.69, 9.17) is 16.3 Å². The zero-order valence-corrected chi connectivity index (χ0v) is 19.1. The number of nitrogens with zero attached hydrogens (tertiary/aromatic N) is 2. The average molecular weight is 463 g/mol. The van der Waals surface area contributed by atoms with Crippen LogP contribution in [0.15, 0.2) is 53.4 Å². The summed E-state index contributed by atoms with van der Waals surface area (Å²) in [5.41, 5.74) is 1.60. The van der Waals surface area contributed by atoms with Gasteiger partial charge in [0.15, 0.2) is 0 Å². The van der Waals surface area contributed by atoms with Gasteiger partial charge in [0.2, 0.25) is 0 Å². The van der Waals surface area contributed by atoms with Crippen LogP contribution in [0.4, 0.5) is 10.5 Å². The first-order chi connectivity index (χ1) is 14.9. The summed E-state index contributed by atoms with van der Waals surface area (Å²) in [5.74, 6) is 0.449. The normalized spacial score (nSPS) is 21.5. The van der Waals surface area contributed by atoms with Gasteiger partial charge in [-0.1, -0.05) is 36.7 Å². The number of likely N-dealkylation sites (tertiary alicyclic amines) is 1. The number of piperidine rings is 1. The Morgan fingerprint density at radius 1 is 1.13 bits per heavy atom. The molecule has 0 saturated carbocycles. The van der Waals surface area contributed by atoms with Crippen LogP contribution in [0.3, 0.4) is 0 Å². The number of sulfonamides is 1. The molecule has 1 fully saturated rings. The minimum Gasteiger partial charge on any atom is -0.447 e. The zero-order valence-electron chi connectivity index (χ0n) is 17.5. The van der Waals surface area contributed by atoms with Gasteiger partial charge in [-0.15, -0.1) is 0 Å². The summed E-state index contributed by atoms with van der Waals surface area (Å²) in [6, 6.07) is 13.2. The molecule has 2 aliphatic rings. The highest BCUT2D eigenvalue weighted by atomic mass is 35.5. The van der Waals surface area contributed by atoms with E-state index in [0.29, 0.717) is 36.1 Å². The second-order valence-corrected chi connectivity index (χ2v) is 10.6. The Hall–Kier alpha value is -2.25. The molecule has 31 heavy (non-hydrogen) atoms. The molecule has 2 aromatic rings. The third kappa shape index (κ3) is 4.67. The van der Waals surface area contributed by atoms with Gasteiger partial charge < -0.3 is 9.64 Å². The summed E-state index contributed by atoms with van der Waals surface area (Å²) >= 11 is 5.96. The summed E-state index contributed by atoms with van der Waals surface area (Å²) in [4.78, 5) is 14.5. The van der Waals surface area contributed by atoms with E-state index in [2.05, 4.69) is 6.92 Å². The van der Waals surface area contributed by atoms with Crippen LogP contribution in [0.25, 0.3) is 0 Å². The monoisotopic (exact) mass is 462 g/mol. The van der Waals surface area contributed by atoms with Crippen molar-refractivity contribution in [1.29, 1.82) is 0 Å². The van der Waals surface area contributed by atoms with Crippen molar-refractivity contribution in [2.45, 2.75) is 43.5 Å². The number of para-hydroxylation sites is 1. The lowest BCUT2D eigenvalue weighted by Gasteiger charge is -2.38. The number of hydrogen-bond acceptors (Lipinski definition) is 4. The summed E-state index contributed by atoms with van der Waals surface area (Å²) in [5, 5.41) is 0.472. The van der Waals surface area contributed by atoms with E-state index in [1.807, 2.05) is 24.3 Å². The third-order valence-electron chi connectivity index (χ3n) is 5.99. The van der Waals surface area contributed by atoms with Gasteiger partial charge in [-0.3, -0.25) is 4.31 Å². The van der Waals surface area contributed by atoms with E-state index in [1.165, 1.54) is 16.4 Å². The van der Waals surface area contributed by atoms with Gasteiger partial charge >= 0.3 is 6.09 Å². The molecule has 2 heterocycles. The van der Waals surface area contributed by atoms with Crippen molar-refractivity contribution in [1.82, 2.24) is 4.90 Å². The van der Waals surface area contributed by atoms with Crippen LogP contribution in [0.5, 0.6) is 0 Å². The van der Waals surface area contributed by atoms with E-state index in [0.717, 1.165) is 24.8 Å². The maximum Gasteiger partial charge on any atom is 0.409 e. The molecule has 6 nitrogen and oxygen atoms in total. The minimum atomic E-state index is -3.85. The van der Waals surface area contributed by atoms with Crippen molar-refractivity contribution in [3.63, 3.8) is 0 Å². The number of amides is 1. The second kappa shape index (κ2) is 9.09. The lowest BCUT2D eigenvalue weighted by molar-refractivity contribution is 0.0812. The van der Waals surface area contributed by atoms with Crippen molar-refractivity contribution in [3.05, 3.63) is 59.1 Å². The molecule has 0 spiro atoms. The fourth-order valence-electron chi connectivity index (χ4n) is 4.38. The molecule has 0 bridgehead atoms. The van der Waals surface area contributed by atoms with Crippen LogP contribution < -0.4 is 4.31 Å². The zero-order chi connectivity index (χ0) is 22.0. The quantitative estimate of drug-likeness (QED) is 0.659. The summed E-state index contributed by atoms with van der Waals surface area (Å²) in [6.07, 6.45) is 3.01. The molecule has 0 aliphatic carbocycles. The highest BCUT2D eigenvalue weighted by molar-refractivity contribution is 7.92. The smallest absolute Gasteiger partial charge is 0.409 e. The number of rotatable bonds is 4. The van der Waals surface area contributed by atoms with E-state index < -0.39 is 16.1 Å². The van der Waals surface area contributed by atoms with Crippen LogP contribution in [0, 0.1) is 5.92 Å². The summed E-state index contributed by atoms with van der Waals surface area (Å²) in [6.45, 7) is 3.51. The van der Waals surface area contributed by atoms with Gasteiger partial charge in [0, 0.05) is 18.1 Å². The molecule has 0 N–H and O–H groups in total. The lowest BCUT2D eigenvalue weighted by Crippen LogP contribution is -2.47. The lowest BCUT2D eigenvalue weighted by atomic mass is 9.98. The highest BCUT2D eigenvalue weighted by Gasteiger charge is 2.37. The molecular weight excluding hydrogens is 436 g/mol. The fraction of sp³-hybridized carbons (Fsp3) is 0.435. The van der Waals surface area contributed by atoms with Crippen LogP contribution in [0.2, 0.25) is 5.02 Å². The average Bonchev–Trinajstić information content (AvgIpc) is 2.77. The van der Waals surface area contributed by atoms with Crippen LogP contribution in [-0.4, -0.2) is 45.1 Å². The second-order valence-electron chi connectivity index (χ2n) is 8.35. The van der Waals surface area contributed by atoms with Crippen molar-refractivity contribution >= 4 is 33.4 Å². The Morgan fingerprint density at radius 3 is 2.61 bits per heavy atom. The topological polar surface area (TPSA) is 66.9 Å². The van der Waals surface area contributed by atoms with Crippen LogP contribution >= 0.6 is 11.6 Å². The molecule has 2 unspecified atom stereocenters. The Balaban J connectivity index is 1.59. The van der Waals surface area contributed by atoms with Gasteiger partial charge in [0.05, 0.1) is 16.6 Å². The summed E-state index contributed by atoms with van der Waals surface area (Å²) < 4.78 is 34.2. The number of carbonyl (C=O) groups excluding carboxylic acids is 1. The predicted octanol–water partition coefficient (Wildman–Crippen LogP) is 4.72. The van der Waals surface area contributed by atoms with Crippen LogP contribution in [0.1, 0.15) is 31.7 Å². The Kier molecular flexibility index (Phi) is 6.44. The standard InChI is InChI=1S/C23H27ClN2O4S/c1-17-5-4-14-25(15-17)23(27)30-16-20-11-8-18-6-2-3-7-22(18)26(20)31(28,29)21-12-9-19(24)10-13-21/h2-3,6-7,9-10,12-13,17,20H,4-5,8,11,14-16H2,1H3. The van der Waals surface area contributed by atoms with Crippen molar-refractivity contribution < 1.29 is 17.9 Å². The SMILES string of the molecule is CC1CCCN(C(=O)OCC2CCc3ccccc3N2S(=O)(=O)c2ccc(Cl)cc2)C1. The van der Waals surface area contributed by atoms with E-state index in [-0.39, 0.29) is 17.6 Å². The molecule has 166 valence electrons. The first-order valence-electron chi connectivity index (χ1n) is 10.7. The van der Waals surface area contributed by atoms with Crippen molar-refractivity contribution in [2.75, 3.05) is 24.0 Å². The molecule has 1 saturated heterocycles. The van der Waals surface area contributed by atoms with Gasteiger partial charge in [-0.2, -0.15) is 0 Å². The van der Waals surface area contributed by atoms with Gasteiger partial charge in [0.25, 0.3) is 10.0 Å². The number of halogens is 1. The third-order valence-corrected chi connectivity index (χ3v) is 8.13. The maximum atomic E-state index is 13.6. The molecule has 2 atom stereocenters. The fourth-order valence-corrected chi connectivity index (χ4v) is 6.21. The van der Waals surface area contributed by atoms with Crippen LogP contribution in [-0.2, 0) is 21.2 Å². The molecule has 0 aromatic heterocycles. The first kappa shape index (κ1) is 22.0. The Bertz CT molecular complexity index is 1040. The molecule has 4 rings (SSSR count). The number of aryl methyl sites for hydroxylation is 1. The van der Waals surface area contributed by atoms with Crippen molar-refractivity contribution in [2.24, 2.45) is 5.92 Å². The summed E-state index contributed by atoms with van der Waals surface area (Å²) in [7, 11) is -3.85. The Labute approximate surface area is 188 Å². The molecule has 0 radical (unpaired) electrons. The number of ether oxygens (including phenoxy) is 1. The predicted molar refractivity (Wildman–Crippen MR) is 121 cm³/mol. The van der Waals surface area contributed by atoms with Gasteiger partial charge in [-0.05, 0) is 67.5 Å². The Morgan fingerprint density at radius 2 is 1.87 bits per heavy atom. The number of benzene rings is 2. The molecular formula is C23H27ClN2O4S. The highest BCUT2D eigenvalue weighted by Crippen LogP contribution is 2.35. The molecule has 2 aliphatic heterocycles. The van der Waals surface area contributed by atoms with E-state index in [1.54, 1.807) is 17.0 Å².